The number of anilines is 1. The second kappa shape index (κ2) is 16.3. The molecule has 1 aliphatic rings. The normalized spacial score (nSPS) is 13.2. The average Bonchev–Trinajstić information content (AvgIpc) is 3.03. The Kier molecular flexibility index (Phi) is 12.3. The van der Waals surface area contributed by atoms with Gasteiger partial charge in [0.1, 0.15) is 13.2 Å². The van der Waals surface area contributed by atoms with Crippen LogP contribution >= 0.6 is 0 Å². The molecule has 0 unspecified atom stereocenters. The van der Waals surface area contributed by atoms with Crippen molar-refractivity contribution >= 4 is 23.5 Å². The molecule has 5 rings (SSSR count). The van der Waals surface area contributed by atoms with Crippen LogP contribution in [-0.2, 0) is 20.7 Å². The summed E-state index contributed by atoms with van der Waals surface area (Å²) in [5.41, 5.74) is 4.48. The molecule has 0 radical (unpaired) electrons. The van der Waals surface area contributed by atoms with Crippen molar-refractivity contribution in [1.82, 2.24) is 9.80 Å². The molecular formula is C35H36N3NaO5. The average molecular weight is 602 g/mol. The minimum absolute atomic E-state index is 0. The molecule has 44 heavy (non-hydrogen) atoms. The summed E-state index contributed by atoms with van der Waals surface area (Å²) in [6.45, 7) is 1.94. The first kappa shape index (κ1) is 33.1. The number of carbonyl (C=O) groups is 3. The summed E-state index contributed by atoms with van der Waals surface area (Å²) in [5.74, 6) is -1.84. The predicted molar refractivity (Wildman–Crippen MR) is 166 cm³/mol. The van der Waals surface area contributed by atoms with Gasteiger partial charge < -0.3 is 21.5 Å². The van der Waals surface area contributed by atoms with E-state index < -0.39 is 11.9 Å². The zero-order chi connectivity index (χ0) is 30.0. The number of aromatic carboxylic acids is 1. The Labute approximate surface area is 281 Å². The van der Waals surface area contributed by atoms with Gasteiger partial charge in [0.2, 0.25) is 11.8 Å². The Morgan fingerprint density at radius 1 is 0.750 bits per heavy atom. The Bertz CT molecular complexity index is 1500. The first-order valence-corrected chi connectivity index (χ1v) is 14.4. The summed E-state index contributed by atoms with van der Waals surface area (Å²) in [4.78, 5) is 41.4. The largest absolute Gasteiger partial charge is 1.00 e. The second-order valence-electron chi connectivity index (χ2n) is 10.5. The Hall–Kier alpha value is -3.79. The topological polar surface area (TPSA) is 99.2 Å². The molecule has 2 N–H and O–H groups in total. The fraction of sp³-hybridized carbons (Fsp3) is 0.229. The first-order chi connectivity index (χ1) is 21.0. The molecular weight excluding hydrogens is 565 g/mol. The maximum absolute atomic E-state index is 12.9. The predicted octanol–water partition coefficient (Wildman–Crippen LogP) is 1.98. The van der Waals surface area contributed by atoms with E-state index in [1.54, 1.807) is 23.1 Å². The van der Waals surface area contributed by atoms with E-state index >= 15 is 0 Å². The number of hydrogen-bond donors (Lipinski definition) is 2. The van der Waals surface area contributed by atoms with E-state index in [0.717, 1.165) is 11.1 Å². The molecule has 4 aromatic rings. The van der Waals surface area contributed by atoms with Crippen LogP contribution in [0, 0.1) is 0 Å². The fourth-order valence-corrected chi connectivity index (χ4v) is 5.44. The number of carboxylic acids is 1. The van der Waals surface area contributed by atoms with Crippen molar-refractivity contribution < 1.29 is 55.2 Å². The van der Waals surface area contributed by atoms with Gasteiger partial charge in [0.25, 0.3) is 0 Å². The van der Waals surface area contributed by atoms with Crippen LogP contribution in [0.25, 0.3) is 0 Å². The summed E-state index contributed by atoms with van der Waals surface area (Å²) < 4.78 is 5.43. The molecule has 222 valence electrons. The van der Waals surface area contributed by atoms with Gasteiger partial charge in [-0.05, 0) is 40.8 Å². The third kappa shape index (κ3) is 8.87. The molecule has 4 aromatic carbocycles. The third-order valence-corrected chi connectivity index (χ3v) is 7.56. The van der Waals surface area contributed by atoms with Crippen molar-refractivity contribution in [2.45, 2.75) is 12.5 Å². The summed E-state index contributed by atoms with van der Waals surface area (Å²) >= 11 is 0. The molecule has 1 saturated heterocycles. The quantitative estimate of drug-likeness (QED) is 0.255. The maximum atomic E-state index is 12.9. The smallest absolute Gasteiger partial charge is 1.00 e. The fourth-order valence-electron chi connectivity index (χ4n) is 5.44. The first-order valence-electron chi connectivity index (χ1n) is 14.4. The summed E-state index contributed by atoms with van der Waals surface area (Å²) in [6, 6.07) is 35.5. The van der Waals surface area contributed by atoms with E-state index in [1.165, 1.54) is 11.1 Å². The van der Waals surface area contributed by atoms with E-state index in [9.17, 15) is 19.5 Å². The van der Waals surface area contributed by atoms with Crippen LogP contribution in [0.1, 0.15) is 40.1 Å². The van der Waals surface area contributed by atoms with Gasteiger partial charge in [-0.25, -0.2) is 4.79 Å². The van der Waals surface area contributed by atoms with Crippen LogP contribution < -0.4 is 34.9 Å². The van der Waals surface area contributed by atoms with E-state index in [2.05, 4.69) is 34.5 Å². The maximum Gasteiger partial charge on any atom is 1.00 e. The van der Waals surface area contributed by atoms with Gasteiger partial charge in [-0.1, -0.05) is 97.1 Å². The molecule has 1 aliphatic heterocycles. The van der Waals surface area contributed by atoms with Gasteiger partial charge in [0.05, 0.1) is 17.3 Å². The van der Waals surface area contributed by atoms with Gasteiger partial charge in [-0.15, -0.1) is 0 Å². The van der Waals surface area contributed by atoms with Crippen LogP contribution in [0.15, 0.2) is 109 Å². The van der Waals surface area contributed by atoms with Crippen LogP contribution in [0.5, 0.6) is 0 Å². The monoisotopic (exact) mass is 601 g/mol. The van der Waals surface area contributed by atoms with Gasteiger partial charge in [0.15, 0.2) is 0 Å². The van der Waals surface area contributed by atoms with Crippen molar-refractivity contribution in [2.24, 2.45) is 0 Å². The number of hydrogen-bond acceptors (Lipinski definition) is 5. The van der Waals surface area contributed by atoms with Crippen LogP contribution in [0.3, 0.4) is 0 Å². The summed E-state index contributed by atoms with van der Waals surface area (Å²) in [7, 11) is 0. The third-order valence-electron chi connectivity index (χ3n) is 7.56. The van der Waals surface area contributed by atoms with E-state index in [4.69, 9.17) is 4.74 Å². The number of benzene rings is 4. The van der Waals surface area contributed by atoms with E-state index in [1.807, 2.05) is 66.7 Å². The van der Waals surface area contributed by atoms with Crippen molar-refractivity contribution in [3.05, 3.63) is 137 Å². The molecule has 2 amide bonds. The number of nitrogens with zero attached hydrogens (tertiary/aromatic N) is 2. The zero-order valence-corrected chi connectivity index (χ0v) is 26.9. The van der Waals surface area contributed by atoms with Crippen LogP contribution in [0.4, 0.5) is 5.69 Å². The van der Waals surface area contributed by atoms with Crippen LogP contribution in [-0.4, -0.2) is 72.1 Å². The number of carbonyl (C=O) groups excluding carboxylic acids is 2. The van der Waals surface area contributed by atoms with E-state index in [-0.39, 0.29) is 67.4 Å². The molecule has 0 saturated carbocycles. The minimum atomic E-state index is -1.14. The molecule has 0 spiro atoms. The second-order valence-corrected chi connectivity index (χ2v) is 10.5. The number of amides is 2. The molecule has 0 aromatic heterocycles. The number of nitrogens with one attached hydrogen (secondary N) is 1. The van der Waals surface area contributed by atoms with Gasteiger partial charge in [0, 0.05) is 26.2 Å². The van der Waals surface area contributed by atoms with Gasteiger partial charge in [-0.3, -0.25) is 14.5 Å². The molecule has 0 atom stereocenters. The Morgan fingerprint density at radius 3 is 1.89 bits per heavy atom. The molecule has 1 heterocycles. The number of piperazine rings is 1. The van der Waals surface area contributed by atoms with Gasteiger partial charge >= 0.3 is 35.5 Å². The number of ether oxygens (including phenoxy) is 1. The van der Waals surface area contributed by atoms with E-state index in [0.29, 0.717) is 32.6 Å². The standard InChI is InChI=1S/C35H35N3O5.Na.H/c39-32(36-31-17-16-27(23-30(31)35(41)42)22-26-10-4-1-5-11-26)24-43-25-33(40)37-18-20-38(21-19-37)34(28-12-6-2-7-13-28)29-14-8-3-9-15-29;;/h1-17,23,34H,18-22,24-25H2,(H,36,39)(H,41,42);;/q;+1;-1. The van der Waals surface area contributed by atoms with Gasteiger partial charge in [-0.2, -0.15) is 0 Å². The molecule has 8 nitrogen and oxygen atoms in total. The Balaban J connectivity index is 0.00000276. The van der Waals surface area contributed by atoms with Crippen molar-refractivity contribution in [3.8, 4) is 0 Å². The van der Waals surface area contributed by atoms with Crippen molar-refractivity contribution in [3.63, 3.8) is 0 Å². The van der Waals surface area contributed by atoms with Crippen molar-refractivity contribution in [2.75, 3.05) is 44.7 Å². The summed E-state index contributed by atoms with van der Waals surface area (Å²) in [6.07, 6.45) is 0.577. The van der Waals surface area contributed by atoms with Crippen LogP contribution in [0.2, 0.25) is 0 Å². The minimum Gasteiger partial charge on any atom is -1.00 e. The number of carboxylic acid groups (broad SMARTS) is 1. The Morgan fingerprint density at radius 2 is 1.32 bits per heavy atom. The molecule has 0 aliphatic carbocycles. The number of rotatable bonds is 11. The molecule has 0 bridgehead atoms. The summed E-state index contributed by atoms with van der Waals surface area (Å²) in [5, 5.41) is 12.3. The van der Waals surface area contributed by atoms with Crippen molar-refractivity contribution in [1.29, 1.82) is 0 Å². The molecule has 1 fully saturated rings. The SMILES string of the molecule is O=C(COCC(=O)N1CCN(C(c2ccccc2)c2ccccc2)CC1)Nc1ccc(Cc2ccccc2)cc1C(=O)O.[H-].[Na+]. The molecule has 9 heteroatoms. The zero-order valence-electron chi connectivity index (χ0n) is 25.9.